The Morgan fingerprint density at radius 1 is 1.10 bits per heavy atom. The highest BCUT2D eigenvalue weighted by Crippen LogP contribution is 2.69. The maximum absolute atomic E-state index is 13.2. The number of rotatable bonds is 2. The van der Waals surface area contributed by atoms with Gasteiger partial charge in [-0.1, -0.05) is 24.6 Å². The Kier molecular flexibility index (Phi) is 3.77. The Morgan fingerprint density at radius 3 is 2.72 bits per heavy atom. The van der Waals surface area contributed by atoms with E-state index >= 15 is 0 Å². The molecular formula is C26H23NOS. The van der Waals surface area contributed by atoms with Crippen LogP contribution in [0, 0.1) is 28.6 Å². The first-order valence-electron chi connectivity index (χ1n) is 10.8. The number of fused-ring (bicyclic) bond motifs is 2. The molecule has 6 rings (SSSR count). The van der Waals surface area contributed by atoms with Crippen LogP contribution in [0.2, 0.25) is 0 Å². The van der Waals surface area contributed by atoms with E-state index in [0.29, 0.717) is 11.0 Å². The summed E-state index contributed by atoms with van der Waals surface area (Å²) in [5.41, 5.74) is 4.82. The third kappa shape index (κ3) is 2.69. The van der Waals surface area contributed by atoms with Gasteiger partial charge in [0.15, 0.2) is 5.43 Å². The highest BCUT2D eigenvalue weighted by molar-refractivity contribution is 7.18. The molecule has 3 heteroatoms. The summed E-state index contributed by atoms with van der Waals surface area (Å²) in [6.07, 6.45) is 9.02. The van der Waals surface area contributed by atoms with Crippen LogP contribution >= 0.6 is 11.3 Å². The predicted octanol–water partition coefficient (Wildman–Crippen LogP) is 6.10. The highest BCUT2D eigenvalue weighted by Gasteiger charge is 2.59. The topological polar surface area (TPSA) is 40.9 Å². The van der Waals surface area contributed by atoms with Crippen molar-refractivity contribution in [2.45, 2.75) is 44.9 Å². The lowest BCUT2D eigenvalue weighted by atomic mass is 9.74. The van der Waals surface area contributed by atoms with Crippen molar-refractivity contribution in [1.29, 1.82) is 5.26 Å². The summed E-state index contributed by atoms with van der Waals surface area (Å²) in [5.74, 6) is 1.70. The van der Waals surface area contributed by atoms with Gasteiger partial charge in [-0.05, 0) is 91.2 Å². The third-order valence-electron chi connectivity index (χ3n) is 7.78. The van der Waals surface area contributed by atoms with Crippen LogP contribution in [0.1, 0.15) is 48.1 Å². The lowest BCUT2D eigenvalue weighted by Gasteiger charge is -2.31. The van der Waals surface area contributed by atoms with Crippen molar-refractivity contribution in [3.05, 3.63) is 68.7 Å². The smallest absolute Gasteiger partial charge is 0.191 e. The van der Waals surface area contributed by atoms with Crippen LogP contribution in [0.15, 0.2) is 47.3 Å². The second kappa shape index (κ2) is 6.28. The number of nitriles is 1. The van der Waals surface area contributed by atoms with Crippen LogP contribution in [0.4, 0.5) is 0 Å². The van der Waals surface area contributed by atoms with E-state index in [0.717, 1.165) is 51.5 Å². The number of benzene rings is 2. The maximum Gasteiger partial charge on any atom is 0.191 e. The number of hydrogen-bond acceptors (Lipinski definition) is 3. The molecule has 0 radical (unpaired) electrons. The van der Waals surface area contributed by atoms with Crippen LogP contribution in [0.25, 0.3) is 21.2 Å². The molecule has 2 aromatic carbocycles. The van der Waals surface area contributed by atoms with E-state index in [4.69, 9.17) is 0 Å². The van der Waals surface area contributed by atoms with Gasteiger partial charge in [0.1, 0.15) is 0 Å². The Morgan fingerprint density at radius 2 is 1.97 bits per heavy atom. The fourth-order valence-corrected chi connectivity index (χ4v) is 7.25. The van der Waals surface area contributed by atoms with Gasteiger partial charge in [-0.3, -0.25) is 4.79 Å². The average Bonchev–Trinajstić information content (AvgIpc) is 3.50. The zero-order valence-electron chi connectivity index (χ0n) is 16.4. The Hall–Kier alpha value is -2.44. The Bertz CT molecular complexity index is 1240. The van der Waals surface area contributed by atoms with E-state index in [-0.39, 0.29) is 5.43 Å². The molecule has 3 aliphatic carbocycles. The molecule has 0 N–H and O–H groups in total. The van der Waals surface area contributed by atoms with Gasteiger partial charge >= 0.3 is 0 Å². The van der Waals surface area contributed by atoms with Gasteiger partial charge in [0, 0.05) is 20.5 Å². The van der Waals surface area contributed by atoms with Crippen molar-refractivity contribution in [2.75, 3.05) is 0 Å². The normalized spacial score (nSPS) is 24.0. The molecule has 0 aliphatic heterocycles. The van der Waals surface area contributed by atoms with Gasteiger partial charge in [0.25, 0.3) is 0 Å². The van der Waals surface area contributed by atoms with Crippen LogP contribution in [0.3, 0.4) is 0 Å². The molecule has 1 aromatic heterocycles. The number of hydrogen-bond donors (Lipinski definition) is 0. The van der Waals surface area contributed by atoms with Crippen molar-refractivity contribution < 1.29 is 0 Å². The molecule has 29 heavy (non-hydrogen) atoms. The zero-order chi connectivity index (χ0) is 19.6. The van der Waals surface area contributed by atoms with Gasteiger partial charge in [0.05, 0.1) is 11.6 Å². The molecule has 2 fully saturated rings. The molecule has 2 saturated carbocycles. The summed E-state index contributed by atoms with van der Waals surface area (Å²) in [4.78, 5) is 14.5. The van der Waals surface area contributed by atoms with Crippen LogP contribution in [0.5, 0.6) is 0 Å². The molecule has 3 aliphatic rings. The first-order chi connectivity index (χ1) is 14.2. The Labute approximate surface area is 174 Å². The van der Waals surface area contributed by atoms with E-state index in [9.17, 15) is 10.1 Å². The molecule has 144 valence electrons. The minimum atomic E-state index is 0.249. The summed E-state index contributed by atoms with van der Waals surface area (Å²) in [5, 5.41) is 10.0. The van der Waals surface area contributed by atoms with Crippen molar-refractivity contribution in [3.63, 3.8) is 0 Å². The summed E-state index contributed by atoms with van der Waals surface area (Å²) >= 11 is 1.83. The van der Waals surface area contributed by atoms with Crippen molar-refractivity contribution in [1.82, 2.24) is 0 Å². The van der Waals surface area contributed by atoms with E-state index < -0.39 is 0 Å². The van der Waals surface area contributed by atoms with Crippen molar-refractivity contribution in [2.24, 2.45) is 17.3 Å². The Balaban J connectivity index is 1.39. The van der Waals surface area contributed by atoms with Gasteiger partial charge in [0.2, 0.25) is 0 Å². The quantitative estimate of drug-likeness (QED) is 0.524. The predicted molar refractivity (Wildman–Crippen MR) is 118 cm³/mol. The monoisotopic (exact) mass is 397 g/mol. The third-order valence-corrected chi connectivity index (χ3v) is 9.00. The van der Waals surface area contributed by atoms with Crippen molar-refractivity contribution >= 4 is 21.4 Å². The second-order valence-electron chi connectivity index (χ2n) is 9.27. The molecule has 0 amide bonds. The first-order valence-corrected chi connectivity index (χ1v) is 11.6. The minimum Gasteiger partial charge on any atom is -0.289 e. The molecule has 1 spiro atoms. The SMILES string of the molecule is N#Cc1cccc(-c2ccc3c(=O)c4c(sc3c2)CC(C2CC23CCC3)CC4)c1. The second-order valence-corrected chi connectivity index (χ2v) is 10.4. The van der Waals surface area contributed by atoms with E-state index in [1.165, 1.54) is 37.0 Å². The maximum atomic E-state index is 13.2. The average molecular weight is 398 g/mol. The van der Waals surface area contributed by atoms with Crippen molar-refractivity contribution in [3.8, 4) is 17.2 Å². The molecule has 2 unspecified atom stereocenters. The van der Waals surface area contributed by atoms with E-state index in [1.807, 2.05) is 47.7 Å². The first kappa shape index (κ1) is 17.4. The fourth-order valence-electron chi connectivity index (χ4n) is 5.91. The van der Waals surface area contributed by atoms with E-state index in [2.05, 4.69) is 12.1 Å². The summed E-state index contributed by atoms with van der Waals surface area (Å²) in [6.45, 7) is 0. The lowest BCUT2D eigenvalue weighted by Crippen LogP contribution is -2.25. The van der Waals surface area contributed by atoms with Crippen LogP contribution < -0.4 is 5.43 Å². The van der Waals surface area contributed by atoms with Gasteiger partial charge < -0.3 is 0 Å². The summed E-state index contributed by atoms with van der Waals surface area (Å²) < 4.78 is 1.09. The van der Waals surface area contributed by atoms with Gasteiger partial charge in [-0.25, -0.2) is 0 Å². The zero-order valence-corrected chi connectivity index (χ0v) is 17.2. The highest BCUT2D eigenvalue weighted by atomic mass is 32.1. The molecule has 2 atom stereocenters. The molecule has 2 nitrogen and oxygen atoms in total. The van der Waals surface area contributed by atoms with Gasteiger partial charge in [-0.2, -0.15) is 5.26 Å². The fraction of sp³-hybridized carbons (Fsp3) is 0.385. The summed E-state index contributed by atoms with van der Waals surface area (Å²) in [6, 6.07) is 16.1. The molecule has 0 saturated heterocycles. The molecule has 0 bridgehead atoms. The van der Waals surface area contributed by atoms with Crippen LogP contribution in [-0.4, -0.2) is 0 Å². The van der Waals surface area contributed by atoms with Crippen LogP contribution in [-0.2, 0) is 12.8 Å². The lowest BCUT2D eigenvalue weighted by molar-refractivity contribution is 0.218. The summed E-state index contributed by atoms with van der Waals surface area (Å²) in [7, 11) is 0. The van der Waals surface area contributed by atoms with E-state index in [1.54, 1.807) is 0 Å². The standard InChI is InChI=1S/C26H23NOS/c27-15-16-3-1-4-17(11-16)18-5-7-20-23(12-18)29-24-13-19(6-8-21(24)25(20)28)22-14-26(22)9-2-10-26/h1,3-5,7,11-12,19,22H,2,6,8-10,13-14H2. The minimum absolute atomic E-state index is 0.249. The number of nitrogens with zero attached hydrogens (tertiary/aromatic N) is 1. The molecule has 1 heterocycles. The molecule has 3 aromatic rings. The largest absolute Gasteiger partial charge is 0.289 e. The van der Waals surface area contributed by atoms with Gasteiger partial charge in [-0.15, -0.1) is 11.3 Å². The molecular weight excluding hydrogens is 374 g/mol.